The third-order valence-corrected chi connectivity index (χ3v) is 2.74. The number of anilines is 1. The van der Waals surface area contributed by atoms with Gasteiger partial charge < -0.3 is 20.1 Å². The molecule has 5 nitrogen and oxygen atoms in total. The van der Waals surface area contributed by atoms with Gasteiger partial charge in [0.1, 0.15) is 0 Å². The highest BCUT2D eigenvalue weighted by Gasteiger charge is 2.20. The van der Waals surface area contributed by atoms with Crippen molar-refractivity contribution in [2.75, 3.05) is 46.3 Å². The van der Waals surface area contributed by atoms with E-state index in [0.29, 0.717) is 26.3 Å². The lowest BCUT2D eigenvalue weighted by atomic mass is 10.1. The molecule has 0 heterocycles. The second-order valence-electron chi connectivity index (χ2n) is 4.13. The molecule has 0 bridgehead atoms. The minimum atomic E-state index is -1.11. The van der Waals surface area contributed by atoms with Crippen LogP contribution in [0.2, 0.25) is 0 Å². The highest BCUT2D eigenvalue weighted by atomic mass is 19.2. The number of benzene rings is 1. The van der Waals surface area contributed by atoms with Gasteiger partial charge in [0.2, 0.25) is 0 Å². The van der Waals surface area contributed by atoms with Gasteiger partial charge in [-0.25, -0.2) is 8.78 Å². The van der Waals surface area contributed by atoms with Crippen LogP contribution in [-0.2, 0) is 9.47 Å². The lowest BCUT2D eigenvalue weighted by Gasteiger charge is -2.22. The summed E-state index contributed by atoms with van der Waals surface area (Å²) in [7, 11) is 3.01. The zero-order chi connectivity index (χ0) is 15.1. The van der Waals surface area contributed by atoms with Gasteiger partial charge in [-0.1, -0.05) is 0 Å². The van der Waals surface area contributed by atoms with E-state index in [1.807, 2.05) is 0 Å². The van der Waals surface area contributed by atoms with Crippen LogP contribution in [0.15, 0.2) is 12.1 Å². The summed E-state index contributed by atoms with van der Waals surface area (Å²) in [6.45, 7) is 1.24. The summed E-state index contributed by atoms with van der Waals surface area (Å²) in [5.74, 6) is -2.68. The topological polar surface area (TPSA) is 64.8 Å². The number of halogens is 2. The summed E-state index contributed by atoms with van der Waals surface area (Å²) in [5.41, 5.74) is 5.39. The first kappa shape index (κ1) is 16.3. The molecule has 0 saturated heterocycles. The van der Waals surface area contributed by atoms with E-state index in [1.165, 1.54) is 19.1 Å². The maximum atomic E-state index is 13.2. The molecule has 0 radical (unpaired) electrons. The number of methoxy groups -OCH3 is 2. The van der Waals surface area contributed by atoms with Crippen LogP contribution in [0.1, 0.15) is 10.4 Å². The van der Waals surface area contributed by atoms with Gasteiger partial charge in [-0.05, 0) is 6.07 Å². The molecule has 0 saturated carbocycles. The first-order valence-corrected chi connectivity index (χ1v) is 6.03. The van der Waals surface area contributed by atoms with E-state index in [1.54, 1.807) is 0 Å². The number of nitrogens with zero attached hydrogens (tertiary/aromatic N) is 1. The van der Waals surface area contributed by atoms with Crippen molar-refractivity contribution in [1.82, 2.24) is 4.90 Å². The van der Waals surface area contributed by atoms with E-state index in [0.717, 1.165) is 12.1 Å². The van der Waals surface area contributed by atoms with Gasteiger partial charge in [0.05, 0.1) is 18.8 Å². The largest absolute Gasteiger partial charge is 0.398 e. The molecule has 7 heteroatoms. The number of hydrogen-bond donors (Lipinski definition) is 1. The zero-order valence-electron chi connectivity index (χ0n) is 11.5. The number of ether oxygens (including phenoxy) is 2. The van der Waals surface area contributed by atoms with Crippen molar-refractivity contribution in [1.29, 1.82) is 0 Å². The standard InChI is InChI=1S/C13H18F2N2O3/c1-19-5-3-17(4-6-20-2)13(18)9-7-10(14)11(15)8-12(9)16/h7-8H,3-6,16H2,1-2H3. The highest BCUT2D eigenvalue weighted by molar-refractivity contribution is 5.99. The fraction of sp³-hybridized carbons (Fsp3) is 0.462. The Labute approximate surface area is 116 Å². The summed E-state index contributed by atoms with van der Waals surface area (Å²) in [4.78, 5) is 13.7. The van der Waals surface area contributed by atoms with Crippen LogP contribution in [0.4, 0.5) is 14.5 Å². The van der Waals surface area contributed by atoms with Gasteiger partial charge in [0, 0.05) is 39.1 Å². The van der Waals surface area contributed by atoms with Crippen LogP contribution in [0.3, 0.4) is 0 Å². The highest BCUT2D eigenvalue weighted by Crippen LogP contribution is 2.18. The van der Waals surface area contributed by atoms with E-state index in [-0.39, 0.29) is 11.3 Å². The van der Waals surface area contributed by atoms with Crippen molar-refractivity contribution in [3.63, 3.8) is 0 Å². The molecule has 1 aromatic carbocycles. The van der Waals surface area contributed by atoms with Crippen molar-refractivity contribution >= 4 is 11.6 Å². The third-order valence-electron chi connectivity index (χ3n) is 2.74. The number of nitrogens with two attached hydrogens (primary N) is 1. The summed E-state index contributed by atoms with van der Waals surface area (Å²) in [5, 5.41) is 0. The second-order valence-corrected chi connectivity index (χ2v) is 4.13. The molecular weight excluding hydrogens is 270 g/mol. The van der Waals surface area contributed by atoms with Crippen LogP contribution in [0, 0.1) is 11.6 Å². The van der Waals surface area contributed by atoms with Crippen LogP contribution in [-0.4, -0.2) is 51.3 Å². The molecule has 1 rings (SSSR count). The number of carbonyl (C=O) groups excluding carboxylic acids is 1. The number of nitrogen functional groups attached to an aromatic ring is 1. The molecule has 2 N–H and O–H groups in total. The molecule has 0 spiro atoms. The Hall–Kier alpha value is -1.73. The van der Waals surface area contributed by atoms with Gasteiger partial charge in [0.15, 0.2) is 11.6 Å². The quantitative estimate of drug-likeness (QED) is 0.768. The second kappa shape index (κ2) is 7.76. The summed E-state index contributed by atoms with van der Waals surface area (Å²) in [6.07, 6.45) is 0. The van der Waals surface area contributed by atoms with Gasteiger partial charge in [-0.2, -0.15) is 0 Å². The molecule has 112 valence electrons. The minimum absolute atomic E-state index is 0.0730. The molecule has 1 amide bonds. The van der Waals surface area contributed by atoms with Crippen molar-refractivity contribution in [2.45, 2.75) is 0 Å². The molecule has 0 aliphatic heterocycles. The molecule has 0 unspecified atom stereocenters. The molecular formula is C13H18F2N2O3. The Kier molecular flexibility index (Phi) is 6.33. The Bertz CT molecular complexity index is 461. The predicted molar refractivity (Wildman–Crippen MR) is 70.4 cm³/mol. The SMILES string of the molecule is COCCN(CCOC)C(=O)c1cc(F)c(F)cc1N. The van der Waals surface area contributed by atoms with Crippen LogP contribution in [0.5, 0.6) is 0 Å². The molecule has 0 aliphatic rings. The normalized spacial score (nSPS) is 10.6. The Morgan fingerprint density at radius 1 is 1.15 bits per heavy atom. The minimum Gasteiger partial charge on any atom is -0.398 e. The van der Waals surface area contributed by atoms with E-state index < -0.39 is 17.5 Å². The van der Waals surface area contributed by atoms with Crippen molar-refractivity contribution in [2.24, 2.45) is 0 Å². The van der Waals surface area contributed by atoms with Crippen molar-refractivity contribution < 1.29 is 23.0 Å². The maximum absolute atomic E-state index is 13.2. The fourth-order valence-electron chi connectivity index (χ4n) is 1.64. The van der Waals surface area contributed by atoms with E-state index in [2.05, 4.69) is 0 Å². The predicted octanol–water partition coefficient (Wildman–Crippen LogP) is 1.28. The third kappa shape index (κ3) is 4.14. The number of carbonyl (C=O) groups is 1. The molecule has 20 heavy (non-hydrogen) atoms. The smallest absolute Gasteiger partial charge is 0.256 e. The van der Waals surface area contributed by atoms with E-state index in [9.17, 15) is 13.6 Å². The zero-order valence-corrected chi connectivity index (χ0v) is 11.5. The first-order valence-electron chi connectivity index (χ1n) is 6.03. The Balaban J connectivity index is 2.95. The summed E-state index contributed by atoms with van der Waals surface area (Å²) in [6, 6.07) is 1.60. The van der Waals surface area contributed by atoms with Gasteiger partial charge in [-0.3, -0.25) is 4.79 Å². The number of amides is 1. The van der Waals surface area contributed by atoms with E-state index >= 15 is 0 Å². The average molecular weight is 288 g/mol. The van der Waals surface area contributed by atoms with Crippen LogP contribution >= 0.6 is 0 Å². The van der Waals surface area contributed by atoms with E-state index in [4.69, 9.17) is 15.2 Å². The Morgan fingerprint density at radius 3 is 2.15 bits per heavy atom. The summed E-state index contributed by atoms with van der Waals surface area (Å²) >= 11 is 0. The average Bonchev–Trinajstić information content (AvgIpc) is 2.42. The van der Waals surface area contributed by atoms with Crippen molar-refractivity contribution in [3.05, 3.63) is 29.3 Å². The van der Waals surface area contributed by atoms with Crippen LogP contribution < -0.4 is 5.73 Å². The first-order chi connectivity index (χ1) is 9.51. The fourth-order valence-corrected chi connectivity index (χ4v) is 1.64. The van der Waals surface area contributed by atoms with Crippen LogP contribution in [0.25, 0.3) is 0 Å². The van der Waals surface area contributed by atoms with Crippen molar-refractivity contribution in [3.8, 4) is 0 Å². The molecule has 0 fully saturated rings. The molecule has 0 aliphatic carbocycles. The number of hydrogen-bond acceptors (Lipinski definition) is 4. The van der Waals surface area contributed by atoms with Gasteiger partial charge in [-0.15, -0.1) is 0 Å². The maximum Gasteiger partial charge on any atom is 0.256 e. The lowest BCUT2D eigenvalue weighted by Crippen LogP contribution is -2.37. The molecule has 1 aromatic rings. The van der Waals surface area contributed by atoms with Gasteiger partial charge in [0.25, 0.3) is 5.91 Å². The summed E-state index contributed by atoms with van der Waals surface area (Å²) < 4.78 is 36.1. The van der Waals surface area contributed by atoms with Gasteiger partial charge >= 0.3 is 0 Å². The number of rotatable bonds is 7. The lowest BCUT2D eigenvalue weighted by molar-refractivity contribution is 0.0628. The monoisotopic (exact) mass is 288 g/mol. The Morgan fingerprint density at radius 2 is 1.65 bits per heavy atom. The molecule has 0 atom stereocenters. The molecule has 0 aromatic heterocycles.